The lowest BCUT2D eigenvalue weighted by Gasteiger charge is -2.35. The molecule has 29 heavy (non-hydrogen) atoms. The van der Waals surface area contributed by atoms with E-state index in [2.05, 4.69) is 46.4 Å². The first kappa shape index (κ1) is 21.7. The van der Waals surface area contributed by atoms with Crippen molar-refractivity contribution in [3.05, 3.63) is 29.3 Å². The predicted molar refractivity (Wildman–Crippen MR) is 115 cm³/mol. The molecule has 158 valence electrons. The average Bonchev–Trinajstić information content (AvgIpc) is 3.13. The third-order valence-electron chi connectivity index (χ3n) is 5.02. The summed E-state index contributed by atoms with van der Waals surface area (Å²) in [6.07, 6.45) is 0. The monoisotopic (exact) mass is 437 g/mol. The number of rotatable bonds is 4. The highest BCUT2D eigenvalue weighted by atomic mass is 32.2. The number of hydrogen-bond donors (Lipinski definition) is 1. The number of aromatic nitrogens is 2. The Balaban J connectivity index is 1.69. The Hall–Kier alpha value is -2.04. The summed E-state index contributed by atoms with van der Waals surface area (Å²) in [5, 5.41) is 10.5. The number of hydrogen-bond acceptors (Lipinski definition) is 7. The molecule has 1 aromatic heterocycles. The van der Waals surface area contributed by atoms with Gasteiger partial charge in [0.2, 0.25) is 15.4 Å². The molecular formula is C19H27N5O3S2. The zero-order valence-electron chi connectivity index (χ0n) is 17.4. The molecule has 0 spiro atoms. The highest BCUT2D eigenvalue weighted by Gasteiger charge is 2.32. The zero-order valence-corrected chi connectivity index (χ0v) is 19.0. The van der Waals surface area contributed by atoms with Crippen molar-refractivity contribution in [3.63, 3.8) is 0 Å². The van der Waals surface area contributed by atoms with Crippen LogP contribution in [0.1, 0.15) is 31.9 Å². The normalized spacial score (nSPS) is 16.1. The Morgan fingerprint density at radius 1 is 1.10 bits per heavy atom. The molecule has 0 saturated carbocycles. The molecule has 0 aliphatic carbocycles. The van der Waals surface area contributed by atoms with E-state index in [-0.39, 0.29) is 15.4 Å². The van der Waals surface area contributed by atoms with E-state index in [0.29, 0.717) is 26.2 Å². The number of anilines is 2. The van der Waals surface area contributed by atoms with Gasteiger partial charge >= 0.3 is 0 Å². The first-order chi connectivity index (χ1) is 13.5. The molecule has 1 saturated heterocycles. The maximum absolute atomic E-state index is 13.0. The molecule has 1 amide bonds. The van der Waals surface area contributed by atoms with Crippen LogP contribution in [-0.2, 0) is 14.8 Å². The molecule has 0 bridgehead atoms. The highest BCUT2D eigenvalue weighted by Crippen LogP contribution is 2.28. The predicted octanol–water partition coefficient (Wildman–Crippen LogP) is 2.65. The summed E-state index contributed by atoms with van der Waals surface area (Å²) in [5.74, 6) is -0.236. The second kappa shape index (κ2) is 8.00. The van der Waals surface area contributed by atoms with E-state index in [9.17, 15) is 13.2 Å². The Labute approximate surface area is 176 Å². The van der Waals surface area contributed by atoms with Gasteiger partial charge in [-0.25, -0.2) is 8.42 Å². The highest BCUT2D eigenvalue weighted by molar-refractivity contribution is 7.91. The molecule has 10 heteroatoms. The Kier molecular flexibility index (Phi) is 5.98. The van der Waals surface area contributed by atoms with Crippen molar-refractivity contribution in [1.29, 1.82) is 0 Å². The SMILES string of the molecule is Cc1cccc(N2CCN(S(=O)(=O)c3nnc(NC(=O)C(C)(C)C)s3)CC2)c1C. The maximum atomic E-state index is 13.0. The third-order valence-corrected chi connectivity index (χ3v) is 8.11. The fourth-order valence-electron chi connectivity index (χ4n) is 3.01. The molecule has 1 aliphatic heterocycles. The van der Waals surface area contributed by atoms with Crippen molar-refractivity contribution >= 4 is 38.1 Å². The van der Waals surface area contributed by atoms with Gasteiger partial charge in [-0.15, -0.1) is 10.2 Å². The van der Waals surface area contributed by atoms with Crippen LogP contribution in [0.15, 0.2) is 22.5 Å². The minimum atomic E-state index is -3.74. The van der Waals surface area contributed by atoms with Crippen molar-refractivity contribution in [3.8, 4) is 0 Å². The number of piperazine rings is 1. The van der Waals surface area contributed by atoms with Crippen LogP contribution in [-0.4, -0.2) is 55.0 Å². The van der Waals surface area contributed by atoms with Gasteiger partial charge in [0.05, 0.1) is 0 Å². The van der Waals surface area contributed by atoms with E-state index in [1.807, 2.05) is 6.07 Å². The minimum Gasteiger partial charge on any atom is -0.369 e. The lowest BCUT2D eigenvalue weighted by Crippen LogP contribution is -2.48. The van der Waals surface area contributed by atoms with Gasteiger partial charge < -0.3 is 10.2 Å². The summed E-state index contributed by atoms with van der Waals surface area (Å²) in [6.45, 7) is 11.4. The van der Waals surface area contributed by atoms with Crippen LogP contribution in [0, 0.1) is 19.3 Å². The number of carbonyl (C=O) groups is 1. The lowest BCUT2D eigenvalue weighted by atomic mass is 9.96. The van der Waals surface area contributed by atoms with Gasteiger partial charge in [0.1, 0.15) is 0 Å². The summed E-state index contributed by atoms with van der Waals surface area (Å²) in [4.78, 5) is 14.3. The molecule has 1 N–H and O–H groups in total. The molecular weight excluding hydrogens is 410 g/mol. The number of aryl methyl sites for hydroxylation is 1. The number of sulfonamides is 1. The van der Waals surface area contributed by atoms with Crippen molar-refractivity contribution < 1.29 is 13.2 Å². The summed E-state index contributed by atoms with van der Waals surface area (Å²) < 4.78 is 27.2. The van der Waals surface area contributed by atoms with Crippen LogP contribution in [0.2, 0.25) is 0 Å². The number of amides is 1. The summed E-state index contributed by atoms with van der Waals surface area (Å²) in [7, 11) is -3.74. The van der Waals surface area contributed by atoms with Gasteiger partial charge in [0.15, 0.2) is 0 Å². The molecule has 2 aromatic rings. The molecule has 8 nitrogen and oxygen atoms in total. The summed E-state index contributed by atoms with van der Waals surface area (Å²) >= 11 is 0.882. The van der Waals surface area contributed by atoms with E-state index >= 15 is 0 Å². The molecule has 1 fully saturated rings. The Morgan fingerprint density at radius 2 is 1.76 bits per heavy atom. The van der Waals surface area contributed by atoms with E-state index < -0.39 is 15.4 Å². The molecule has 0 atom stereocenters. The molecule has 0 radical (unpaired) electrons. The second-order valence-electron chi connectivity index (χ2n) is 8.19. The van der Waals surface area contributed by atoms with Gasteiger partial charge in [0, 0.05) is 37.3 Å². The van der Waals surface area contributed by atoms with Gasteiger partial charge in [0.25, 0.3) is 10.0 Å². The zero-order chi connectivity index (χ0) is 21.4. The van der Waals surface area contributed by atoms with Crippen molar-refractivity contribution in [1.82, 2.24) is 14.5 Å². The number of nitrogens with one attached hydrogen (secondary N) is 1. The topological polar surface area (TPSA) is 95.5 Å². The van der Waals surface area contributed by atoms with Gasteiger partial charge in [-0.05, 0) is 31.0 Å². The van der Waals surface area contributed by atoms with Crippen LogP contribution in [0.25, 0.3) is 0 Å². The van der Waals surface area contributed by atoms with E-state index in [4.69, 9.17) is 0 Å². The largest absolute Gasteiger partial charge is 0.369 e. The van der Waals surface area contributed by atoms with Gasteiger partial charge in [-0.2, -0.15) is 4.31 Å². The van der Waals surface area contributed by atoms with E-state index in [0.717, 1.165) is 17.0 Å². The van der Waals surface area contributed by atoms with E-state index in [1.54, 1.807) is 20.8 Å². The number of carbonyl (C=O) groups excluding carboxylic acids is 1. The number of benzene rings is 1. The Morgan fingerprint density at radius 3 is 2.38 bits per heavy atom. The molecule has 2 heterocycles. The summed E-state index contributed by atoms with van der Waals surface area (Å²) in [6, 6.07) is 6.17. The van der Waals surface area contributed by atoms with Crippen LogP contribution in [0.3, 0.4) is 0 Å². The standard InChI is InChI=1S/C19H27N5O3S2/c1-13-7-6-8-15(14(13)2)23-9-11-24(12-10-23)29(26,27)18-22-21-17(28-18)20-16(25)19(3,4)5/h6-8H,9-12H2,1-5H3,(H,20,21,25). The van der Waals surface area contributed by atoms with Crippen LogP contribution in [0.5, 0.6) is 0 Å². The van der Waals surface area contributed by atoms with Crippen molar-refractivity contribution in [2.45, 2.75) is 39.0 Å². The van der Waals surface area contributed by atoms with Crippen molar-refractivity contribution in [2.75, 3.05) is 36.4 Å². The molecule has 0 unspecified atom stereocenters. The summed E-state index contributed by atoms with van der Waals surface area (Å²) in [5.41, 5.74) is 2.98. The van der Waals surface area contributed by atoms with Crippen LogP contribution >= 0.6 is 11.3 Å². The first-order valence-electron chi connectivity index (χ1n) is 9.46. The fraction of sp³-hybridized carbons (Fsp3) is 0.526. The van der Waals surface area contributed by atoms with E-state index in [1.165, 1.54) is 15.4 Å². The smallest absolute Gasteiger partial charge is 0.272 e. The van der Waals surface area contributed by atoms with Crippen molar-refractivity contribution in [2.24, 2.45) is 5.41 Å². The molecule has 1 aromatic carbocycles. The van der Waals surface area contributed by atoms with Crippen LogP contribution < -0.4 is 10.2 Å². The first-order valence-corrected chi connectivity index (χ1v) is 11.7. The second-order valence-corrected chi connectivity index (χ2v) is 11.3. The molecule has 3 rings (SSSR count). The molecule has 1 aliphatic rings. The van der Waals surface area contributed by atoms with Crippen LogP contribution in [0.4, 0.5) is 10.8 Å². The lowest BCUT2D eigenvalue weighted by molar-refractivity contribution is -0.123. The minimum absolute atomic E-state index is 0.0955. The Bertz CT molecular complexity index is 1000. The van der Waals surface area contributed by atoms with Gasteiger partial charge in [-0.3, -0.25) is 4.79 Å². The third kappa shape index (κ3) is 4.59. The number of nitrogens with zero attached hydrogens (tertiary/aromatic N) is 4. The average molecular weight is 438 g/mol. The fourth-order valence-corrected chi connectivity index (χ4v) is 5.46. The quantitative estimate of drug-likeness (QED) is 0.739. The van der Waals surface area contributed by atoms with Gasteiger partial charge in [-0.1, -0.05) is 44.2 Å². The maximum Gasteiger partial charge on any atom is 0.272 e.